The van der Waals surface area contributed by atoms with E-state index in [0.717, 1.165) is 48.9 Å². The lowest BCUT2D eigenvalue weighted by atomic mass is 10.0. The molecule has 1 heterocycles. The van der Waals surface area contributed by atoms with Crippen LogP contribution in [0.5, 0.6) is 0 Å². The minimum Gasteiger partial charge on any atom is -0.337 e. The van der Waals surface area contributed by atoms with Gasteiger partial charge in [-0.2, -0.15) is 0 Å². The average Bonchev–Trinajstić information content (AvgIpc) is 3.33. The number of nitrogens with zero attached hydrogens (tertiary/aromatic N) is 2. The SMILES string of the molecule is Cc1ccc(F)c(C(=O)Nc2cc(F)cc(CN3CCN(C(=O)C4CCCC4)C(C)C3)c2C)c1. The number of carbonyl (C=O) groups is 2. The lowest BCUT2D eigenvalue weighted by Crippen LogP contribution is -2.54. The van der Waals surface area contributed by atoms with Crippen LogP contribution in [0.1, 0.15) is 59.7 Å². The Morgan fingerprint density at radius 3 is 2.50 bits per heavy atom. The highest BCUT2D eigenvalue weighted by Crippen LogP contribution is 2.29. The van der Waals surface area contributed by atoms with E-state index >= 15 is 0 Å². The molecule has 7 heteroatoms. The van der Waals surface area contributed by atoms with Crippen LogP contribution in [0.15, 0.2) is 30.3 Å². The standard InChI is InChI=1S/C27H33F2N3O2/c1-17-8-9-24(29)23(12-17)26(33)30-25-14-22(28)13-21(19(25)3)16-31-10-11-32(18(2)15-31)27(34)20-6-4-5-7-20/h8-9,12-14,18,20H,4-7,10-11,15-16H2,1-3H3,(H,30,33). The number of halogens is 2. The number of piperazine rings is 1. The van der Waals surface area contributed by atoms with Crippen LogP contribution in [0.3, 0.4) is 0 Å². The normalized spacial score (nSPS) is 19.4. The van der Waals surface area contributed by atoms with Crippen LogP contribution in [0.2, 0.25) is 0 Å². The third-order valence-electron chi connectivity index (χ3n) is 7.19. The van der Waals surface area contributed by atoms with E-state index in [9.17, 15) is 18.4 Å². The maximum Gasteiger partial charge on any atom is 0.258 e. The van der Waals surface area contributed by atoms with Gasteiger partial charge in [-0.1, -0.05) is 24.5 Å². The van der Waals surface area contributed by atoms with E-state index in [0.29, 0.717) is 25.3 Å². The summed E-state index contributed by atoms with van der Waals surface area (Å²) in [5, 5.41) is 2.68. The van der Waals surface area contributed by atoms with Crippen LogP contribution in [-0.4, -0.2) is 47.3 Å². The van der Waals surface area contributed by atoms with Crippen LogP contribution >= 0.6 is 0 Å². The van der Waals surface area contributed by atoms with E-state index in [1.54, 1.807) is 13.0 Å². The first-order chi connectivity index (χ1) is 16.2. The molecule has 1 aliphatic carbocycles. The van der Waals surface area contributed by atoms with Gasteiger partial charge < -0.3 is 10.2 Å². The molecule has 5 nitrogen and oxygen atoms in total. The second-order valence-corrected chi connectivity index (χ2v) is 9.77. The average molecular weight is 470 g/mol. The largest absolute Gasteiger partial charge is 0.337 e. The summed E-state index contributed by atoms with van der Waals surface area (Å²) in [5.41, 5.74) is 2.55. The zero-order chi connectivity index (χ0) is 24.4. The Labute approximate surface area is 200 Å². The number of nitrogens with one attached hydrogen (secondary N) is 1. The Bertz CT molecular complexity index is 1080. The summed E-state index contributed by atoms with van der Waals surface area (Å²) in [4.78, 5) is 29.8. The quantitative estimate of drug-likeness (QED) is 0.666. The number of hydrogen-bond donors (Lipinski definition) is 1. The lowest BCUT2D eigenvalue weighted by Gasteiger charge is -2.41. The molecule has 2 aliphatic rings. The Balaban J connectivity index is 1.44. The van der Waals surface area contributed by atoms with E-state index in [1.807, 2.05) is 11.8 Å². The second-order valence-electron chi connectivity index (χ2n) is 9.77. The van der Waals surface area contributed by atoms with Gasteiger partial charge in [0.25, 0.3) is 5.91 Å². The van der Waals surface area contributed by atoms with Crippen molar-refractivity contribution in [1.29, 1.82) is 0 Å². The summed E-state index contributed by atoms with van der Waals surface area (Å²) >= 11 is 0. The van der Waals surface area contributed by atoms with Gasteiger partial charge in [0.1, 0.15) is 11.6 Å². The van der Waals surface area contributed by atoms with Crippen LogP contribution in [0.25, 0.3) is 0 Å². The van der Waals surface area contributed by atoms with Gasteiger partial charge in [-0.15, -0.1) is 0 Å². The van der Waals surface area contributed by atoms with Crippen LogP contribution in [-0.2, 0) is 11.3 Å². The van der Waals surface area contributed by atoms with Gasteiger partial charge in [-0.3, -0.25) is 14.5 Å². The van der Waals surface area contributed by atoms with Crippen molar-refractivity contribution in [2.45, 2.75) is 59.0 Å². The first kappa shape index (κ1) is 24.3. The Morgan fingerprint density at radius 1 is 1.06 bits per heavy atom. The maximum atomic E-state index is 14.5. The van der Waals surface area contributed by atoms with E-state index in [4.69, 9.17) is 0 Å². The highest BCUT2D eigenvalue weighted by molar-refractivity contribution is 6.05. The molecule has 1 N–H and O–H groups in total. The smallest absolute Gasteiger partial charge is 0.258 e. The van der Waals surface area contributed by atoms with Gasteiger partial charge in [-0.25, -0.2) is 8.78 Å². The Hall–Kier alpha value is -2.80. The molecule has 1 aliphatic heterocycles. The molecular formula is C27H33F2N3O2. The van der Waals surface area contributed by atoms with E-state index in [-0.39, 0.29) is 23.4 Å². The van der Waals surface area contributed by atoms with Crippen LogP contribution < -0.4 is 5.32 Å². The fourth-order valence-electron chi connectivity index (χ4n) is 5.18. The first-order valence-corrected chi connectivity index (χ1v) is 12.1. The number of amides is 2. The maximum absolute atomic E-state index is 14.5. The van der Waals surface area contributed by atoms with Crippen molar-refractivity contribution in [2.75, 3.05) is 25.0 Å². The molecule has 0 aromatic heterocycles. The van der Waals surface area contributed by atoms with Crippen molar-refractivity contribution in [3.8, 4) is 0 Å². The molecule has 0 radical (unpaired) electrons. The van der Waals surface area contributed by atoms with Crippen molar-refractivity contribution in [2.24, 2.45) is 5.92 Å². The van der Waals surface area contributed by atoms with E-state index < -0.39 is 17.5 Å². The molecule has 1 unspecified atom stereocenters. The van der Waals surface area contributed by atoms with Crippen molar-refractivity contribution < 1.29 is 18.4 Å². The molecule has 2 amide bonds. The summed E-state index contributed by atoms with van der Waals surface area (Å²) in [6.07, 6.45) is 4.27. The number of aryl methyl sites for hydroxylation is 1. The second kappa shape index (κ2) is 10.2. The van der Waals surface area contributed by atoms with Gasteiger partial charge in [0, 0.05) is 43.8 Å². The molecule has 2 aromatic rings. The van der Waals surface area contributed by atoms with Gasteiger partial charge in [0.2, 0.25) is 5.91 Å². The Kier molecular flexibility index (Phi) is 7.31. The topological polar surface area (TPSA) is 52.7 Å². The number of carbonyl (C=O) groups excluding carboxylic acids is 2. The number of anilines is 1. The predicted octanol–water partition coefficient (Wildman–Crippen LogP) is 5.06. The molecule has 0 spiro atoms. The summed E-state index contributed by atoms with van der Waals surface area (Å²) in [6.45, 7) is 8.30. The Morgan fingerprint density at radius 2 is 1.79 bits per heavy atom. The molecule has 0 bridgehead atoms. The van der Waals surface area contributed by atoms with Crippen molar-refractivity contribution >= 4 is 17.5 Å². The third-order valence-corrected chi connectivity index (χ3v) is 7.19. The molecule has 1 atom stereocenters. The van der Waals surface area contributed by atoms with Gasteiger partial charge in [0.05, 0.1) is 5.56 Å². The molecule has 1 saturated carbocycles. The molecule has 34 heavy (non-hydrogen) atoms. The van der Waals surface area contributed by atoms with Gasteiger partial charge >= 0.3 is 0 Å². The molecule has 182 valence electrons. The van der Waals surface area contributed by atoms with E-state index in [1.165, 1.54) is 24.3 Å². The summed E-state index contributed by atoms with van der Waals surface area (Å²) in [5.74, 6) is -1.22. The van der Waals surface area contributed by atoms with E-state index in [2.05, 4.69) is 17.1 Å². The lowest BCUT2D eigenvalue weighted by molar-refractivity contribution is -0.140. The predicted molar refractivity (Wildman–Crippen MR) is 129 cm³/mol. The molecule has 4 rings (SSSR count). The van der Waals surface area contributed by atoms with Crippen LogP contribution in [0, 0.1) is 31.4 Å². The zero-order valence-corrected chi connectivity index (χ0v) is 20.2. The zero-order valence-electron chi connectivity index (χ0n) is 20.2. The summed E-state index contributed by atoms with van der Waals surface area (Å²) in [7, 11) is 0. The first-order valence-electron chi connectivity index (χ1n) is 12.1. The molecule has 2 fully saturated rings. The monoisotopic (exact) mass is 469 g/mol. The van der Waals surface area contributed by atoms with Crippen molar-refractivity contribution in [3.63, 3.8) is 0 Å². The number of rotatable bonds is 5. The molecule has 1 saturated heterocycles. The fraction of sp³-hybridized carbons (Fsp3) is 0.481. The minimum atomic E-state index is -0.614. The van der Waals surface area contributed by atoms with Crippen molar-refractivity contribution in [1.82, 2.24) is 9.80 Å². The van der Waals surface area contributed by atoms with Crippen LogP contribution in [0.4, 0.5) is 14.5 Å². The van der Waals surface area contributed by atoms with Crippen molar-refractivity contribution in [3.05, 3.63) is 64.2 Å². The highest BCUT2D eigenvalue weighted by Gasteiger charge is 2.33. The van der Waals surface area contributed by atoms with Gasteiger partial charge in [-0.05, 0) is 69.0 Å². The summed E-state index contributed by atoms with van der Waals surface area (Å²) in [6, 6.07) is 7.18. The molecule has 2 aromatic carbocycles. The minimum absolute atomic E-state index is 0.0675. The number of hydrogen-bond acceptors (Lipinski definition) is 3. The molecular weight excluding hydrogens is 436 g/mol. The third kappa shape index (κ3) is 5.30. The van der Waals surface area contributed by atoms with Gasteiger partial charge in [0.15, 0.2) is 0 Å². The summed E-state index contributed by atoms with van der Waals surface area (Å²) < 4.78 is 28.6. The number of benzene rings is 2. The fourth-order valence-corrected chi connectivity index (χ4v) is 5.18. The highest BCUT2D eigenvalue weighted by atomic mass is 19.1.